The van der Waals surface area contributed by atoms with E-state index < -0.39 is 57.3 Å². The van der Waals surface area contributed by atoms with Crippen molar-refractivity contribution in [2.75, 3.05) is 0 Å². The number of aromatic hydroxyl groups is 1. The number of nitrogens with zero attached hydrogens (tertiary/aromatic N) is 1. The Balaban J connectivity index is 2.79. The van der Waals surface area contributed by atoms with Crippen molar-refractivity contribution in [3.8, 4) is 5.75 Å². The number of carboxylic acid groups (broad SMARTS) is 1. The zero-order valence-electron chi connectivity index (χ0n) is 9.60. The van der Waals surface area contributed by atoms with Gasteiger partial charge < -0.3 is 0 Å². The molecular weight excluding hydrogens is 424 g/mol. The fraction of sp³-hybridized carbons (Fsp3) is 0.222. The fourth-order valence-electron chi connectivity index (χ4n) is 1.10. The summed E-state index contributed by atoms with van der Waals surface area (Å²) in [4.78, 5) is 11.1. The van der Waals surface area contributed by atoms with E-state index in [9.17, 15) is 4.79 Å². The van der Waals surface area contributed by atoms with Crippen molar-refractivity contribution in [2.45, 2.75) is 12.5 Å². The second-order valence-electron chi connectivity index (χ2n) is 2.98. The van der Waals surface area contributed by atoms with Gasteiger partial charge in [-0.1, -0.05) is 0 Å². The average Bonchev–Trinajstić information content (AvgIpc) is 2.31. The predicted molar refractivity (Wildman–Crippen MR) is 47.9 cm³/mol. The third-order valence-electron chi connectivity index (χ3n) is 1.89. The van der Waals surface area contributed by atoms with Crippen molar-refractivity contribution < 1.29 is 60.3 Å². The van der Waals surface area contributed by atoms with Gasteiger partial charge in [0, 0.05) is 0 Å². The van der Waals surface area contributed by atoms with Crippen LogP contribution in [0.4, 0.5) is 0 Å². The molecule has 0 heterocycles. The van der Waals surface area contributed by atoms with Gasteiger partial charge in [0.05, 0.1) is 0 Å². The first-order valence-electron chi connectivity index (χ1n) is 4.88. The number of benzene rings is 1. The van der Waals surface area contributed by atoms with Crippen molar-refractivity contribution >= 4 is 5.97 Å². The molecule has 0 saturated carbocycles. The average molecular weight is 437 g/mol. The number of hydrogen-bond acceptors (Lipinski definition) is 3. The van der Waals surface area contributed by atoms with Gasteiger partial charge >= 0.3 is 117 Å². The van der Waals surface area contributed by atoms with Gasteiger partial charge in [-0.2, -0.15) is 0 Å². The summed E-state index contributed by atoms with van der Waals surface area (Å²) in [7, 11) is 0. The van der Waals surface area contributed by atoms with Crippen LogP contribution in [0.3, 0.4) is 0 Å². The standard InChI is InChI=1S/C9H11I2NO3/c10-12(11)8(9(14)15)5-6-1-3-7(13)4-2-6/h1-4,8,10-11,13H,5H2,(H,14,15)/q-2/t8-/m0/s1/i10D,11D. The van der Waals surface area contributed by atoms with Gasteiger partial charge in [-0.25, -0.2) is 0 Å². The molecule has 1 atom stereocenters. The first-order valence-corrected chi connectivity index (χ1v) is 6.05. The molecule has 0 aliphatic carbocycles. The van der Waals surface area contributed by atoms with E-state index in [0.29, 0.717) is 0 Å². The molecular formula is C9H11I2NO3-2. The first kappa shape index (κ1) is 10.1. The SMILES string of the molecule is [2H][I-]N([I-][2H])[C@@H](Cc1ccc(O)cc1)C(=O)O. The number of rotatable bonds is 6. The third-order valence-corrected chi connectivity index (χ3v) is 3.23. The summed E-state index contributed by atoms with van der Waals surface area (Å²) < 4.78 is 16.1. The van der Waals surface area contributed by atoms with Crippen LogP contribution in [-0.2, 0) is 11.2 Å². The molecule has 15 heavy (non-hydrogen) atoms. The van der Waals surface area contributed by atoms with Crippen molar-refractivity contribution in [1.82, 2.24) is 1.33 Å². The maximum absolute atomic E-state index is 11.1. The van der Waals surface area contributed by atoms with Crippen molar-refractivity contribution in [2.24, 2.45) is 0 Å². The number of carbonyl (C=O) groups is 1. The molecule has 4 nitrogen and oxygen atoms in total. The van der Waals surface area contributed by atoms with E-state index in [-0.39, 0.29) is 12.2 Å². The van der Waals surface area contributed by atoms with Gasteiger partial charge in [0.2, 0.25) is 0 Å². The molecule has 1 aromatic carbocycles. The number of phenolic OH excluding ortho intramolecular Hbond substituents is 1. The van der Waals surface area contributed by atoms with Crippen molar-refractivity contribution in [3.05, 3.63) is 29.8 Å². The van der Waals surface area contributed by atoms with E-state index in [4.69, 9.17) is 11.4 Å². The number of phenols is 1. The zero-order chi connectivity index (χ0) is 12.8. The molecule has 0 aliphatic rings. The second-order valence-corrected chi connectivity index (χ2v) is 6.91. The minimum absolute atomic E-state index is 0.137. The number of hydrogen-bond donors (Lipinski definition) is 2. The van der Waals surface area contributed by atoms with Gasteiger partial charge in [-0.15, -0.1) is 0 Å². The molecule has 2 N–H and O–H groups in total. The van der Waals surface area contributed by atoms with E-state index in [1.54, 1.807) is 12.1 Å². The molecule has 6 heteroatoms. The van der Waals surface area contributed by atoms with Crippen LogP contribution in [0, 0.1) is 0 Å². The Kier molecular flexibility index (Phi) is 3.93. The van der Waals surface area contributed by atoms with Crippen molar-refractivity contribution in [3.63, 3.8) is 0 Å². The Hall–Kier alpha value is -0.0900. The maximum atomic E-state index is 11.1. The molecule has 0 fully saturated rings. The first-order chi connectivity index (χ1) is 8.08. The summed E-state index contributed by atoms with van der Waals surface area (Å²) in [5.41, 5.74) is 0.787. The number of halogens is 2. The molecule has 0 aliphatic heterocycles. The van der Waals surface area contributed by atoms with Crippen LogP contribution in [0.1, 0.15) is 5.56 Å². The monoisotopic (exact) mass is 437 g/mol. The molecule has 1 rings (SSSR count). The molecule has 0 aromatic heterocycles. The minimum atomic E-state index is -1.12. The van der Waals surface area contributed by atoms with Gasteiger partial charge in [-0.05, 0) is 0 Å². The molecule has 1 aromatic rings. The molecule has 86 valence electrons. The summed E-state index contributed by atoms with van der Waals surface area (Å²) in [5.74, 6) is -0.852. The molecule has 0 amide bonds. The van der Waals surface area contributed by atoms with Crippen LogP contribution < -0.4 is 45.3 Å². The number of aliphatic carboxylic acids is 1. The Morgan fingerprint density at radius 1 is 1.47 bits per heavy atom. The van der Waals surface area contributed by atoms with Crippen LogP contribution in [-0.4, -0.2) is 24.7 Å². The molecule has 0 bridgehead atoms. The Morgan fingerprint density at radius 2 is 2.07 bits per heavy atom. The normalized spacial score (nSPS) is 15.0. The molecule has 0 saturated heterocycles. The quantitative estimate of drug-likeness (QED) is 0.344. The molecule has 0 radical (unpaired) electrons. The Labute approximate surface area is 116 Å². The number of carboxylic acids is 1. The van der Waals surface area contributed by atoms with E-state index in [2.05, 4.69) is 0 Å². The molecule has 0 spiro atoms. The zero-order valence-corrected chi connectivity index (χ0v) is 11.9. The van der Waals surface area contributed by atoms with Crippen molar-refractivity contribution in [1.29, 1.82) is 1.19 Å². The van der Waals surface area contributed by atoms with E-state index in [1.807, 2.05) is 0 Å². The van der Waals surface area contributed by atoms with E-state index in [0.717, 1.165) is 5.56 Å². The van der Waals surface area contributed by atoms with Gasteiger partial charge in [0.1, 0.15) is 0 Å². The van der Waals surface area contributed by atoms with E-state index >= 15 is 0 Å². The van der Waals surface area contributed by atoms with E-state index in [1.165, 1.54) is 13.5 Å². The Bertz CT molecular complexity index is 373. The second kappa shape index (κ2) is 5.85. The predicted octanol–water partition coefficient (Wildman–Crippen LogP) is -5.91. The van der Waals surface area contributed by atoms with Gasteiger partial charge in [0.15, 0.2) is 0 Å². The van der Waals surface area contributed by atoms with Gasteiger partial charge in [0.25, 0.3) is 0 Å². The summed E-state index contributed by atoms with van der Waals surface area (Å²) in [6.45, 7) is 0. The summed E-state index contributed by atoms with van der Waals surface area (Å²) in [6, 6.07) is 5.55. The third kappa shape index (κ3) is 4.11. The summed E-state index contributed by atoms with van der Waals surface area (Å²) in [6.07, 6.45) is 0.271. The van der Waals surface area contributed by atoms with Crippen LogP contribution >= 0.6 is 0 Å². The summed E-state index contributed by atoms with van der Waals surface area (Å²) >= 11 is -2.25. The fourth-order valence-corrected chi connectivity index (χ4v) is 1.97. The van der Waals surface area contributed by atoms with Crippen LogP contribution in [0.2, 0.25) is 0 Å². The van der Waals surface area contributed by atoms with Crippen LogP contribution in [0.15, 0.2) is 24.3 Å². The Morgan fingerprint density at radius 3 is 2.53 bits per heavy atom. The topological polar surface area (TPSA) is 60.8 Å². The van der Waals surface area contributed by atoms with Crippen LogP contribution in [0.5, 0.6) is 5.75 Å². The van der Waals surface area contributed by atoms with Crippen LogP contribution in [0.25, 0.3) is 0 Å². The van der Waals surface area contributed by atoms with Gasteiger partial charge in [-0.3, -0.25) is 0 Å². The summed E-state index contributed by atoms with van der Waals surface area (Å²) in [5, 5.41) is 18.2. The molecule has 0 unspecified atom stereocenters.